The molecule has 0 aliphatic rings. The highest BCUT2D eigenvalue weighted by Gasteiger charge is 2.21. The third-order valence-corrected chi connectivity index (χ3v) is 2.14. The molecule has 0 spiro atoms. The molecule has 7 heteroatoms. The molecule has 1 aromatic heterocycles. The molecule has 3 N–H and O–H groups in total. The fraction of sp³-hybridized carbons (Fsp3) is 0.500. The van der Waals surface area contributed by atoms with Crippen LogP contribution in [0.3, 0.4) is 0 Å². The van der Waals surface area contributed by atoms with Crippen LogP contribution >= 0.6 is 0 Å². The summed E-state index contributed by atoms with van der Waals surface area (Å²) in [5.41, 5.74) is 0.706. The summed E-state index contributed by atoms with van der Waals surface area (Å²) in [6.07, 6.45) is 2.08. The van der Waals surface area contributed by atoms with Crippen molar-refractivity contribution in [3.63, 3.8) is 0 Å². The maximum Gasteiger partial charge on any atom is 0.323 e. The lowest BCUT2D eigenvalue weighted by Gasteiger charge is -2.16. The standard InChI is InChI=1S/C10H15N3O4/c1-6(14)8(9(15)16)11-3-7-4-12-10(17-2)13-5-7/h4-6,8,11,14H,3H2,1-2H3,(H,15,16)/t6-,8+/m0/s1. The molecule has 2 atom stereocenters. The maximum absolute atomic E-state index is 10.8. The molecule has 17 heavy (non-hydrogen) atoms. The van der Waals surface area contributed by atoms with E-state index in [-0.39, 0.29) is 12.6 Å². The fourth-order valence-electron chi connectivity index (χ4n) is 1.23. The van der Waals surface area contributed by atoms with Gasteiger partial charge in [0.15, 0.2) is 0 Å². The Labute approximate surface area is 98.5 Å². The number of nitrogens with zero attached hydrogens (tertiary/aromatic N) is 2. The van der Waals surface area contributed by atoms with Crippen LogP contribution in [0, 0.1) is 0 Å². The number of ether oxygens (including phenoxy) is 1. The Morgan fingerprint density at radius 3 is 2.53 bits per heavy atom. The minimum Gasteiger partial charge on any atom is -0.480 e. The number of aliphatic hydroxyl groups is 1. The molecule has 0 unspecified atom stereocenters. The van der Waals surface area contributed by atoms with Crippen molar-refractivity contribution in [2.75, 3.05) is 7.11 Å². The normalized spacial score (nSPS) is 14.1. The minimum atomic E-state index is -1.10. The second kappa shape index (κ2) is 6.12. The molecule has 0 amide bonds. The number of methoxy groups -OCH3 is 1. The third kappa shape index (κ3) is 3.97. The monoisotopic (exact) mass is 241 g/mol. The van der Waals surface area contributed by atoms with Crippen molar-refractivity contribution in [3.8, 4) is 6.01 Å². The molecule has 0 fully saturated rings. The van der Waals surface area contributed by atoms with Gasteiger partial charge < -0.3 is 14.9 Å². The zero-order chi connectivity index (χ0) is 12.8. The van der Waals surface area contributed by atoms with Crippen LogP contribution in [-0.2, 0) is 11.3 Å². The van der Waals surface area contributed by atoms with Gasteiger partial charge in [0.1, 0.15) is 6.04 Å². The minimum absolute atomic E-state index is 0.249. The van der Waals surface area contributed by atoms with E-state index in [1.807, 2.05) is 0 Å². The average molecular weight is 241 g/mol. The zero-order valence-corrected chi connectivity index (χ0v) is 9.62. The van der Waals surface area contributed by atoms with Crippen LogP contribution in [0.15, 0.2) is 12.4 Å². The Morgan fingerprint density at radius 1 is 1.53 bits per heavy atom. The van der Waals surface area contributed by atoms with E-state index in [0.29, 0.717) is 5.56 Å². The van der Waals surface area contributed by atoms with Gasteiger partial charge in [0.05, 0.1) is 13.2 Å². The summed E-state index contributed by atoms with van der Waals surface area (Å²) >= 11 is 0. The van der Waals surface area contributed by atoms with E-state index in [2.05, 4.69) is 15.3 Å². The van der Waals surface area contributed by atoms with Crippen LogP contribution < -0.4 is 10.1 Å². The summed E-state index contributed by atoms with van der Waals surface area (Å²) in [5.74, 6) is -1.10. The molecular formula is C10H15N3O4. The van der Waals surface area contributed by atoms with E-state index in [1.165, 1.54) is 26.4 Å². The summed E-state index contributed by atoms with van der Waals surface area (Å²) in [7, 11) is 1.46. The molecule has 1 aromatic rings. The molecule has 0 bridgehead atoms. The summed E-state index contributed by atoms with van der Waals surface area (Å²) in [5, 5.41) is 20.8. The molecule has 94 valence electrons. The van der Waals surface area contributed by atoms with Crippen molar-refractivity contribution < 1.29 is 19.7 Å². The van der Waals surface area contributed by atoms with E-state index in [9.17, 15) is 9.90 Å². The molecule has 0 aliphatic heterocycles. The second-order valence-electron chi connectivity index (χ2n) is 3.52. The first-order valence-corrected chi connectivity index (χ1v) is 5.03. The number of aliphatic hydroxyl groups excluding tert-OH is 1. The lowest BCUT2D eigenvalue weighted by atomic mass is 10.2. The number of carboxylic acid groups (broad SMARTS) is 1. The number of nitrogens with one attached hydrogen (secondary N) is 1. The lowest BCUT2D eigenvalue weighted by molar-refractivity contribution is -0.142. The highest BCUT2D eigenvalue weighted by molar-refractivity contribution is 5.74. The Hall–Kier alpha value is -1.73. The first-order chi connectivity index (χ1) is 8.04. The number of carbonyl (C=O) groups is 1. The van der Waals surface area contributed by atoms with E-state index < -0.39 is 18.1 Å². The lowest BCUT2D eigenvalue weighted by Crippen LogP contribution is -2.44. The van der Waals surface area contributed by atoms with Crippen molar-refractivity contribution >= 4 is 5.97 Å². The van der Waals surface area contributed by atoms with Crippen molar-refractivity contribution in [3.05, 3.63) is 18.0 Å². The maximum atomic E-state index is 10.8. The number of carboxylic acids is 1. The molecule has 7 nitrogen and oxygen atoms in total. The van der Waals surface area contributed by atoms with Gasteiger partial charge in [-0.1, -0.05) is 0 Å². The summed E-state index contributed by atoms with van der Waals surface area (Å²) < 4.78 is 4.79. The number of rotatable bonds is 6. The predicted molar refractivity (Wildman–Crippen MR) is 58.5 cm³/mol. The van der Waals surface area contributed by atoms with Crippen molar-refractivity contribution in [2.24, 2.45) is 0 Å². The Morgan fingerprint density at radius 2 is 2.12 bits per heavy atom. The highest BCUT2D eigenvalue weighted by Crippen LogP contribution is 2.02. The van der Waals surface area contributed by atoms with Crippen molar-refractivity contribution in [2.45, 2.75) is 25.6 Å². The topological polar surface area (TPSA) is 105 Å². The smallest absolute Gasteiger partial charge is 0.323 e. The number of aromatic nitrogens is 2. The third-order valence-electron chi connectivity index (χ3n) is 2.14. The van der Waals surface area contributed by atoms with E-state index >= 15 is 0 Å². The van der Waals surface area contributed by atoms with Gasteiger partial charge >= 0.3 is 12.0 Å². The van der Waals surface area contributed by atoms with Crippen LogP contribution in [-0.4, -0.2) is 45.4 Å². The van der Waals surface area contributed by atoms with Gasteiger partial charge in [-0.05, 0) is 6.92 Å². The molecule has 0 aliphatic carbocycles. The molecule has 1 heterocycles. The second-order valence-corrected chi connectivity index (χ2v) is 3.52. The molecule has 0 aromatic carbocycles. The molecular weight excluding hydrogens is 226 g/mol. The van der Waals surface area contributed by atoms with Crippen molar-refractivity contribution in [1.29, 1.82) is 0 Å². The van der Waals surface area contributed by atoms with Gasteiger partial charge in [-0.25, -0.2) is 9.97 Å². The molecule has 0 saturated heterocycles. The van der Waals surface area contributed by atoms with E-state index in [1.54, 1.807) is 0 Å². The van der Waals surface area contributed by atoms with Gasteiger partial charge in [0.2, 0.25) is 0 Å². The Kier molecular flexibility index (Phi) is 4.80. The van der Waals surface area contributed by atoms with Crippen LogP contribution in [0.5, 0.6) is 6.01 Å². The van der Waals surface area contributed by atoms with Crippen LogP contribution in [0.1, 0.15) is 12.5 Å². The SMILES string of the molecule is COc1ncc(CN[C@@H](C(=O)O)[C@H](C)O)cn1. The van der Waals surface area contributed by atoms with Gasteiger partial charge in [-0.15, -0.1) is 0 Å². The molecule has 1 rings (SSSR count). The zero-order valence-electron chi connectivity index (χ0n) is 9.62. The Bertz CT molecular complexity index is 366. The van der Waals surface area contributed by atoms with Crippen molar-refractivity contribution in [1.82, 2.24) is 15.3 Å². The van der Waals surface area contributed by atoms with Gasteiger partial charge in [0, 0.05) is 24.5 Å². The fourth-order valence-corrected chi connectivity index (χ4v) is 1.23. The average Bonchev–Trinajstić information content (AvgIpc) is 2.29. The largest absolute Gasteiger partial charge is 0.480 e. The number of aliphatic carboxylic acids is 1. The summed E-state index contributed by atoms with van der Waals surface area (Å²) in [4.78, 5) is 18.6. The van der Waals surface area contributed by atoms with E-state index in [0.717, 1.165) is 0 Å². The highest BCUT2D eigenvalue weighted by atomic mass is 16.5. The van der Waals surface area contributed by atoms with Gasteiger partial charge in [0.25, 0.3) is 0 Å². The summed E-state index contributed by atoms with van der Waals surface area (Å²) in [6, 6.07) is -0.767. The quantitative estimate of drug-likeness (QED) is 0.611. The first kappa shape index (κ1) is 13.3. The van der Waals surface area contributed by atoms with Gasteiger partial charge in [-0.2, -0.15) is 0 Å². The van der Waals surface area contributed by atoms with Crippen LogP contribution in [0.4, 0.5) is 0 Å². The Balaban J connectivity index is 2.56. The number of hydrogen-bond donors (Lipinski definition) is 3. The summed E-state index contributed by atoms with van der Waals surface area (Å²) in [6.45, 7) is 1.67. The van der Waals surface area contributed by atoms with E-state index in [4.69, 9.17) is 9.84 Å². The molecule has 0 radical (unpaired) electrons. The van der Waals surface area contributed by atoms with Crippen LogP contribution in [0.25, 0.3) is 0 Å². The van der Waals surface area contributed by atoms with Crippen LogP contribution in [0.2, 0.25) is 0 Å². The number of hydrogen-bond acceptors (Lipinski definition) is 6. The molecule has 0 saturated carbocycles. The first-order valence-electron chi connectivity index (χ1n) is 5.03. The predicted octanol–water partition coefficient (Wildman–Crippen LogP) is -0.591. The van der Waals surface area contributed by atoms with Gasteiger partial charge in [-0.3, -0.25) is 10.1 Å².